The molecule has 166 valence electrons. The zero-order valence-electron chi connectivity index (χ0n) is 18.0. The first kappa shape index (κ1) is 22.5. The molecule has 8 nitrogen and oxygen atoms in total. The number of likely N-dealkylation sites (tertiary alicyclic amines) is 1. The number of nitrogens with one attached hydrogen (secondary N) is 2. The molecule has 0 bridgehead atoms. The van der Waals surface area contributed by atoms with E-state index < -0.39 is 0 Å². The van der Waals surface area contributed by atoms with Crippen molar-refractivity contribution in [2.75, 3.05) is 57.8 Å². The number of hydrogen-bond donors (Lipinski definition) is 3. The van der Waals surface area contributed by atoms with E-state index in [-0.39, 0.29) is 12.1 Å². The van der Waals surface area contributed by atoms with E-state index in [1.807, 2.05) is 12.1 Å². The molecule has 3 rings (SSSR count). The molecule has 0 spiro atoms. The van der Waals surface area contributed by atoms with Gasteiger partial charge in [-0.3, -0.25) is 0 Å². The molecule has 0 atom stereocenters. The molecule has 0 saturated carbocycles. The highest BCUT2D eigenvalue weighted by atomic mass is 35.5. The summed E-state index contributed by atoms with van der Waals surface area (Å²) in [6.07, 6.45) is 1.71. The van der Waals surface area contributed by atoms with Gasteiger partial charge in [0.05, 0.1) is 6.54 Å². The van der Waals surface area contributed by atoms with Gasteiger partial charge in [-0.2, -0.15) is 0 Å². The number of carbonyl (C=O) groups is 1. The smallest absolute Gasteiger partial charge is 0.314 e. The Labute approximate surface area is 184 Å². The fourth-order valence-corrected chi connectivity index (χ4v) is 4.19. The Morgan fingerprint density at radius 1 is 1.20 bits per heavy atom. The van der Waals surface area contributed by atoms with Crippen LogP contribution in [0.5, 0.6) is 0 Å². The second kappa shape index (κ2) is 10.7. The molecule has 0 aromatic heterocycles. The van der Waals surface area contributed by atoms with Crippen molar-refractivity contribution in [3.8, 4) is 0 Å². The Kier molecular flexibility index (Phi) is 8.04. The fourth-order valence-electron chi connectivity index (χ4n) is 3.96. The summed E-state index contributed by atoms with van der Waals surface area (Å²) < 4.78 is 0. The number of carbonyl (C=O) groups excluding carboxylic acids is 1. The Morgan fingerprint density at radius 3 is 2.53 bits per heavy atom. The SMILES string of the molecule is CCNC(=NCc1c(Cl)cccc1N1CCN(C)CC1)NC1CCN(C(N)=O)CC1. The van der Waals surface area contributed by atoms with Gasteiger partial charge in [0.1, 0.15) is 0 Å². The number of urea groups is 1. The van der Waals surface area contributed by atoms with Crippen molar-refractivity contribution in [2.24, 2.45) is 10.7 Å². The molecule has 0 aliphatic carbocycles. The zero-order valence-corrected chi connectivity index (χ0v) is 18.8. The predicted octanol–water partition coefficient (Wildman–Crippen LogP) is 1.69. The van der Waals surface area contributed by atoms with Gasteiger partial charge in [0.25, 0.3) is 0 Å². The van der Waals surface area contributed by atoms with Crippen LogP contribution in [0, 0.1) is 0 Å². The topological polar surface area (TPSA) is 89.2 Å². The first-order valence-corrected chi connectivity index (χ1v) is 11.2. The summed E-state index contributed by atoms with van der Waals surface area (Å²) in [5, 5.41) is 7.59. The summed E-state index contributed by atoms with van der Waals surface area (Å²) in [6.45, 7) is 8.76. The van der Waals surface area contributed by atoms with E-state index in [4.69, 9.17) is 22.3 Å². The number of nitrogens with zero attached hydrogens (tertiary/aromatic N) is 4. The Hall–Kier alpha value is -2.19. The van der Waals surface area contributed by atoms with Crippen molar-refractivity contribution in [2.45, 2.75) is 32.4 Å². The lowest BCUT2D eigenvalue weighted by atomic mass is 10.1. The molecule has 2 saturated heterocycles. The van der Waals surface area contributed by atoms with Crippen LogP contribution in [0.1, 0.15) is 25.3 Å². The molecule has 1 aromatic carbocycles. The lowest BCUT2D eigenvalue weighted by Gasteiger charge is -2.35. The van der Waals surface area contributed by atoms with Crippen LogP contribution >= 0.6 is 11.6 Å². The number of primary amides is 1. The van der Waals surface area contributed by atoms with Crippen molar-refractivity contribution in [1.29, 1.82) is 0 Å². The maximum Gasteiger partial charge on any atom is 0.314 e. The van der Waals surface area contributed by atoms with Gasteiger partial charge in [-0.1, -0.05) is 17.7 Å². The molecule has 2 aliphatic rings. The van der Waals surface area contributed by atoms with Gasteiger partial charge < -0.3 is 31.1 Å². The van der Waals surface area contributed by atoms with Crippen molar-refractivity contribution in [3.63, 3.8) is 0 Å². The molecule has 2 aliphatic heterocycles. The number of piperazine rings is 1. The van der Waals surface area contributed by atoms with Crippen LogP contribution in [0.4, 0.5) is 10.5 Å². The van der Waals surface area contributed by atoms with Gasteiger partial charge >= 0.3 is 6.03 Å². The summed E-state index contributed by atoms with van der Waals surface area (Å²) in [5.41, 5.74) is 7.61. The van der Waals surface area contributed by atoms with Gasteiger partial charge in [0.2, 0.25) is 0 Å². The third-order valence-corrected chi connectivity index (χ3v) is 6.18. The van der Waals surface area contributed by atoms with Crippen LogP contribution in [0.2, 0.25) is 5.02 Å². The summed E-state index contributed by atoms with van der Waals surface area (Å²) in [6, 6.07) is 6.01. The number of aliphatic imine (C=N–C) groups is 1. The van der Waals surface area contributed by atoms with E-state index in [0.717, 1.165) is 62.1 Å². The minimum Gasteiger partial charge on any atom is -0.369 e. The number of anilines is 1. The Bertz CT molecular complexity index is 741. The third kappa shape index (κ3) is 5.92. The molecule has 2 fully saturated rings. The number of guanidine groups is 1. The minimum absolute atomic E-state index is 0.266. The number of piperidine rings is 1. The second-order valence-corrected chi connectivity index (χ2v) is 8.37. The van der Waals surface area contributed by atoms with Crippen LogP contribution in [0.15, 0.2) is 23.2 Å². The van der Waals surface area contributed by atoms with E-state index >= 15 is 0 Å². The predicted molar refractivity (Wildman–Crippen MR) is 123 cm³/mol. The average molecular weight is 436 g/mol. The number of nitrogens with two attached hydrogens (primary N) is 1. The largest absolute Gasteiger partial charge is 0.369 e. The highest BCUT2D eigenvalue weighted by molar-refractivity contribution is 6.31. The lowest BCUT2D eigenvalue weighted by Crippen LogP contribution is -2.50. The molecular weight excluding hydrogens is 402 g/mol. The van der Waals surface area contributed by atoms with Crippen LogP contribution < -0.4 is 21.3 Å². The van der Waals surface area contributed by atoms with Crippen LogP contribution in [0.3, 0.4) is 0 Å². The van der Waals surface area contributed by atoms with Gasteiger partial charge in [-0.15, -0.1) is 0 Å². The van der Waals surface area contributed by atoms with Crippen molar-refractivity contribution >= 4 is 29.3 Å². The summed E-state index contributed by atoms with van der Waals surface area (Å²) in [4.78, 5) is 22.6. The lowest BCUT2D eigenvalue weighted by molar-refractivity contribution is 0.188. The van der Waals surface area contributed by atoms with Gasteiger partial charge in [-0.25, -0.2) is 9.79 Å². The first-order valence-electron chi connectivity index (χ1n) is 10.8. The maximum absolute atomic E-state index is 11.3. The molecule has 4 N–H and O–H groups in total. The third-order valence-electron chi connectivity index (χ3n) is 5.83. The fraction of sp³-hybridized carbons (Fsp3) is 0.619. The van der Waals surface area contributed by atoms with Crippen LogP contribution in [-0.4, -0.2) is 80.7 Å². The van der Waals surface area contributed by atoms with E-state index in [2.05, 4.69) is 40.5 Å². The number of amides is 2. The van der Waals surface area contributed by atoms with E-state index in [1.54, 1.807) is 4.90 Å². The number of halogens is 1. The molecule has 1 aromatic rings. The number of benzene rings is 1. The average Bonchev–Trinajstić information content (AvgIpc) is 2.74. The normalized spacial score (nSPS) is 19.1. The summed E-state index contributed by atoms with van der Waals surface area (Å²) in [7, 11) is 2.16. The van der Waals surface area contributed by atoms with E-state index in [1.165, 1.54) is 5.69 Å². The van der Waals surface area contributed by atoms with E-state index in [0.29, 0.717) is 19.6 Å². The summed E-state index contributed by atoms with van der Waals surface area (Å²) in [5.74, 6) is 0.777. The second-order valence-electron chi connectivity index (χ2n) is 7.97. The molecule has 2 heterocycles. The van der Waals surface area contributed by atoms with Crippen LogP contribution in [0.25, 0.3) is 0 Å². The number of rotatable bonds is 5. The van der Waals surface area contributed by atoms with Gasteiger partial charge in [0.15, 0.2) is 5.96 Å². The van der Waals surface area contributed by atoms with Crippen molar-refractivity contribution in [1.82, 2.24) is 20.4 Å². The standard InChI is InChI=1S/C21H34ClN7O/c1-3-24-21(26-16-7-9-29(10-8-16)20(23)30)25-15-17-18(22)5-4-6-19(17)28-13-11-27(2)12-14-28/h4-6,16H,3,7-15H2,1-2H3,(H2,23,30)(H2,24,25,26). The molecule has 30 heavy (non-hydrogen) atoms. The molecular formula is C21H34ClN7O. The van der Waals surface area contributed by atoms with Crippen molar-refractivity contribution < 1.29 is 4.79 Å². The molecule has 9 heteroatoms. The van der Waals surface area contributed by atoms with E-state index in [9.17, 15) is 4.79 Å². The van der Waals surface area contributed by atoms with Gasteiger partial charge in [-0.05, 0) is 38.9 Å². The van der Waals surface area contributed by atoms with Crippen molar-refractivity contribution in [3.05, 3.63) is 28.8 Å². The maximum atomic E-state index is 11.3. The highest BCUT2D eigenvalue weighted by Gasteiger charge is 2.22. The Balaban J connectivity index is 1.68. The number of likely N-dealkylation sites (N-methyl/N-ethyl adjacent to an activating group) is 1. The Morgan fingerprint density at radius 2 is 1.90 bits per heavy atom. The monoisotopic (exact) mass is 435 g/mol. The minimum atomic E-state index is -0.343. The highest BCUT2D eigenvalue weighted by Crippen LogP contribution is 2.29. The quantitative estimate of drug-likeness (QED) is 0.483. The zero-order chi connectivity index (χ0) is 21.5. The number of hydrogen-bond acceptors (Lipinski definition) is 4. The molecule has 0 radical (unpaired) electrons. The molecule has 2 amide bonds. The summed E-state index contributed by atoms with van der Waals surface area (Å²) >= 11 is 6.58. The first-order chi connectivity index (χ1) is 14.5. The molecule has 0 unspecified atom stereocenters. The van der Waals surface area contributed by atoms with Crippen LogP contribution in [-0.2, 0) is 6.54 Å². The van der Waals surface area contributed by atoms with Gasteiger partial charge in [0, 0.05) is 68.1 Å².